The SMILES string of the molecule is CCN(c1ccccc1)S(=O)(=O)c1ccc(N=Nc2cc(C(C)C)cc(Br)c2O)cc1. The first kappa shape index (κ1) is 23.0. The van der Waals surface area contributed by atoms with Gasteiger partial charge in [-0.2, -0.15) is 5.11 Å². The Morgan fingerprint density at radius 1 is 1.00 bits per heavy atom. The van der Waals surface area contributed by atoms with Crippen LogP contribution in [0.25, 0.3) is 0 Å². The molecule has 0 saturated heterocycles. The predicted octanol–water partition coefficient (Wildman–Crippen LogP) is 6.91. The number of azo groups is 1. The Morgan fingerprint density at radius 2 is 1.65 bits per heavy atom. The first-order valence-corrected chi connectivity index (χ1v) is 12.1. The molecule has 0 spiro atoms. The van der Waals surface area contributed by atoms with Gasteiger partial charge in [0.15, 0.2) is 5.75 Å². The van der Waals surface area contributed by atoms with Crippen molar-refractivity contribution in [2.24, 2.45) is 10.2 Å². The van der Waals surface area contributed by atoms with E-state index < -0.39 is 10.0 Å². The number of nitrogens with zero attached hydrogens (tertiary/aromatic N) is 3. The summed E-state index contributed by atoms with van der Waals surface area (Å²) in [6.45, 7) is 6.21. The Hall–Kier alpha value is -2.71. The van der Waals surface area contributed by atoms with E-state index in [1.807, 2.05) is 26.0 Å². The number of anilines is 1. The van der Waals surface area contributed by atoms with E-state index in [-0.39, 0.29) is 16.6 Å². The Balaban J connectivity index is 1.87. The lowest BCUT2D eigenvalue weighted by molar-refractivity contribution is 0.472. The molecular weight excluding hydrogens is 478 g/mol. The minimum absolute atomic E-state index is 0.00815. The lowest BCUT2D eigenvalue weighted by Gasteiger charge is -2.22. The average Bonchev–Trinajstić information content (AvgIpc) is 2.76. The van der Waals surface area contributed by atoms with Crippen LogP contribution in [0, 0.1) is 0 Å². The third kappa shape index (κ3) is 5.14. The second-order valence-corrected chi connectivity index (χ2v) is 9.94. The lowest BCUT2D eigenvalue weighted by Crippen LogP contribution is -2.30. The van der Waals surface area contributed by atoms with Gasteiger partial charge in [-0.3, -0.25) is 4.31 Å². The predicted molar refractivity (Wildman–Crippen MR) is 127 cm³/mol. The van der Waals surface area contributed by atoms with E-state index in [0.29, 0.717) is 28.1 Å². The largest absolute Gasteiger partial charge is 0.505 e. The fourth-order valence-corrected chi connectivity index (χ4v) is 4.96. The van der Waals surface area contributed by atoms with Gasteiger partial charge >= 0.3 is 0 Å². The molecule has 0 heterocycles. The zero-order valence-corrected chi connectivity index (χ0v) is 19.9. The molecule has 0 aliphatic carbocycles. The minimum atomic E-state index is -3.70. The maximum absolute atomic E-state index is 13.1. The van der Waals surface area contributed by atoms with Crippen molar-refractivity contribution < 1.29 is 13.5 Å². The first-order chi connectivity index (χ1) is 14.7. The van der Waals surface area contributed by atoms with Gasteiger partial charge in [-0.15, -0.1) is 5.11 Å². The number of benzene rings is 3. The van der Waals surface area contributed by atoms with Gasteiger partial charge < -0.3 is 5.11 Å². The van der Waals surface area contributed by atoms with Gasteiger partial charge in [0.1, 0.15) is 5.69 Å². The second-order valence-electron chi connectivity index (χ2n) is 7.22. The molecule has 1 N–H and O–H groups in total. The molecule has 6 nitrogen and oxygen atoms in total. The molecule has 162 valence electrons. The summed E-state index contributed by atoms with van der Waals surface area (Å²) in [5.41, 5.74) is 2.45. The molecule has 8 heteroatoms. The number of sulfonamides is 1. The van der Waals surface area contributed by atoms with Crippen molar-refractivity contribution >= 4 is 43.0 Å². The fraction of sp³-hybridized carbons (Fsp3) is 0.217. The van der Waals surface area contributed by atoms with Crippen LogP contribution in [0.1, 0.15) is 32.3 Å². The third-order valence-corrected chi connectivity index (χ3v) is 7.28. The average molecular weight is 502 g/mol. The van der Waals surface area contributed by atoms with Gasteiger partial charge in [0.05, 0.1) is 20.7 Å². The molecule has 0 atom stereocenters. The number of halogens is 1. The molecule has 3 aromatic rings. The van der Waals surface area contributed by atoms with Crippen LogP contribution in [-0.2, 0) is 10.0 Å². The van der Waals surface area contributed by atoms with Crippen LogP contribution in [0.15, 0.2) is 86.3 Å². The highest BCUT2D eigenvalue weighted by Gasteiger charge is 2.23. The van der Waals surface area contributed by atoms with Crippen molar-refractivity contribution in [1.29, 1.82) is 0 Å². The molecule has 0 aliphatic rings. The first-order valence-electron chi connectivity index (χ1n) is 9.86. The summed E-state index contributed by atoms with van der Waals surface area (Å²) in [4.78, 5) is 0.171. The zero-order valence-electron chi connectivity index (χ0n) is 17.5. The second kappa shape index (κ2) is 9.62. The summed E-state index contributed by atoms with van der Waals surface area (Å²) in [5, 5.41) is 18.6. The summed E-state index contributed by atoms with van der Waals surface area (Å²) in [7, 11) is -3.70. The van der Waals surface area contributed by atoms with Crippen molar-refractivity contribution in [3.63, 3.8) is 0 Å². The van der Waals surface area contributed by atoms with Gasteiger partial charge in [-0.05, 0) is 82.9 Å². The highest BCUT2D eigenvalue weighted by molar-refractivity contribution is 9.10. The standard InChI is InChI=1S/C23H24BrN3O3S/c1-4-27(19-8-6-5-7-9-19)31(29,30)20-12-10-18(11-13-20)25-26-22-15-17(16(2)3)14-21(24)23(22)28/h5-16,28H,4H2,1-3H3. The Morgan fingerprint density at radius 3 is 2.23 bits per heavy atom. The van der Waals surface area contributed by atoms with Gasteiger partial charge in [0.25, 0.3) is 10.0 Å². The molecular formula is C23H24BrN3O3S. The van der Waals surface area contributed by atoms with Crippen molar-refractivity contribution in [2.45, 2.75) is 31.6 Å². The van der Waals surface area contributed by atoms with E-state index in [0.717, 1.165) is 5.56 Å². The number of phenols is 1. The van der Waals surface area contributed by atoms with E-state index >= 15 is 0 Å². The molecule has 3 rings (SSSR count). The zero-order chi connectivity index (χ0) is 22.6. The number of rotatable bonds is 7. The summed E-state index contributed by atoms with van der Waals surface area (Å²) in [6.07, 6.45) is 0. The van der Waals surface area contributed by atoms with E-state index in [1.165, 1.54) is 16.4 Å². The van der Waals surface area contributed by atoms with Gasteiger partial charge in [-0.25, -0.2) is 8.42 Å². The molecule has 31 heavy (non-hydrogen) atoms. The van der Waals surface area contributed by atoms with Gasteiger partial charge in [0.2, 0.25) is 0 Å². The van der Waals surface area contributed by atoms with Crippen LogP contribution in [0.5, 0.6) is 5.75 Å². The van der Waals surface area contributed by atoms with Crippen molar-refractivity contribution in [3.05, 3.63) is 76.8 Å². The molecule has 0 radical (unpaired) electrons. The number of hydrogen-bond acceptors (Lipinski definition) is 5. The van der Waals surface area contributed by atoms with Gasteiger partial charge in [-0.1, -0.05) is 32.0 Å². The number of para-hydroxylation sites is 1. The number of aromatic hydroxyl groups is 1. The third-order valence-electron chi connectivity index (χ3n) is 4.76. The molecule has 0 saturated carbocycles. The summed E-state index contributed by atoms with van der Waals surface area (Å²) < 4.78 is 28.1. The molecule has 0 unspecified atom stereocenters. The summed E-state index contributed by atoms with van der Waals surface area (Å²) in [6, 6.07) is 18.8. The van der Waals surface area contributed by atoms with Gasteiger partial charge in [0, 0.05) is 6.54 Å². The van der Waals surface area contributed by atoms with Crippen LogP contribution in [0.2, 0.25) is 0 Å². The normalized spacial score (nSPS) is 11.9. The van der Waals surface area contributed by atoms with Crippen LogP contribution in [0.3, 0.4) is 0 Å². The molecule has 0 bridgehead atoms. The van der Waals surface area contributed by atoms with Crippen molar-refractivity contribution in [3.8, 4) is 5.75 Å². The maximum atomic E-state index is 13.1. The maximum Gasteiger partial charge on any atom is 0.264 e. The van der Waals surface area contributed by atoms with E-state index in [2.05, 4.69) is 26.2 Å². The van der Waals surface area contributed by atoms with E-state index in [1.54, 1.807) is 49.4 Å². The summed E-state index contributed by atoms with van der Waals surface area (Å²) in [5.74, 6) is 0.273. The quantitative estimate of drug-likeness (QED) is 0.357. The van der Waals surface area contributed by atoms with E-state index in [9.17, 15) is 13.5 Å². The van der Waals surface area contributed by atoms with Crippen LogP contribution in [0.4, 0.5) is 17.1 Å². The van der Waals surface area contributed by atoms with Crippen LogP contribution < -0.4 is 4.31 Å². The Labute approximate surface area is 191 Å². The number of hydrogen-bond donors (Lipinski definition) is 1. The fourth-order valence-electron chi connectivity index (χ4n) is 3.02. The summed E-state index contributed by atoms with van der Waals surface area (Å²) >= 11 is 3.34. The molecule has 0 amide bonds. The Bertz CT molecular complexity index is 1180. The minimum Gasteiger partial charge on any atom is -0.505 e. The van der Waals surface area contributed by atoms with E-state index in [4.69, 9.17) is 0 Å². The van der Waals surface area contributed by atoms with Crippen molar-refractivity contribution in [2.75, 3.05) is 10.8 Å². The molecule has 0 aromatic heterocycles. The number of phenolic OH excluding ortho intramolecular Hbond substituents is 1. The highest BCUT2D eigenvalue weighted by Crippen LogP contribution is 2.38. The smallest absolute Gasteiger partial charge is 0.264 e. The molecule has 0 fully saturated rings. The Kier molecular flexibility index (Phi) is 7.12. The van der Waals surface area contributed by atoms with Crippen LogP contribution in [-0.4, -0.2) is 20.1 Å². The van der Waals surface area contributed by atoms with Crippen molar-refractivity contribution in [1.82, 2.24) is 0 Å². The molecule has 3 aromatic carbocycles. The highest BCUT2D eigenvalue weighted by atomic mass is 79.9. The topological polar surface area (TPSA) is 82.3 Å². The lowest BCUT2D eigenvalue weighted by atomic mass is 10.0. The monoisotopic (exact) mass is 501 g/mol. The van der Waals surface area contributed by atoms with Crippen LogP contribution >= 0.6 is 15.9 Å². The molecule has 0 aliphatic heterocycles.